The van der Waals surface area contributed by atoms with Crippen LogP contribution >= 0.6 is 11.8 Å². The minimum absolute atomic E-state index is 0.0131. The standard InChI is InChI=1S/C22H21FN4O4S2/c23-16-9-7-15(8-10-16)20-24-25-22(26(20)14-17-4-3-12-31-17)32-13-11-27-21(28)18-5-1-2-6-19(18)33(27,29)30/h1-2,5-10,17H,3-4,11-14H2. The molecule has 33 heavy (non-hydrogen) atoms. The minimum Gasteiger partial charge on any atom is -0.376 e. The monoisotopic (exact) mass is 488 g/mol. The number of nitrogens with zero attached hydrogens (tertiary/aromatic N) is 4. The van der Waals surface area contributed by atoms with Gasteiger partial charge in [-0.1, -0.05) is 23.9 Å². The highest BCUT2D eigenvalue weighted by Crippen LogP contribution is 2.31. The van der Waals surface area contributed by atoms with Crippen molar-refractivity contribution in [1.29, 1.82) is 0 Å². The molecule has 3 aromatic rings. The fraction of sp³-hybridized carbons (Fsp3) is 0.318. The van der Waals surface area contributed by atoms with Gasteiger partial charge in [0.25, 0.3) is 15.9 Å². The van der Waals surface area contributed by atoms with Gasteiger partial charge in [-0.15, -0.1) is 10.2 Å². The molecule has 0 spiro atoms. The number of carbonyl (C=O) groups excluding carboxylic acids is 1. The molecule has 1 saturated heterocycles. The van der Waals surface area contributed by atoms with E-state index in [4.69, 9.17) is 4.74 Å². The molecule has 8 nitrogen and oxygen atoms in total. The fourth-order valence-corrected chi connectivity index (χ4v) is 6.59. The van der Waals surface area contributed by atoms with Gasteiger partial charge in [-0.3, -0.25) is 9.36 Å². The zero-order valence-corrected chi connectivity index (χ0v) is 19.2. The zero-order chi connectivity index (χ0) is 23.0. The van der Waals surface area contributed by atoms with Crippen molar-refractivity contribution >= 4 is 27.7 Å². The highest BCUT2D eigenvalue weighted by Gasteiger charge is 2.40. The number of benzene rings is 2. The lowest BCUT2D eigenvalue weighted by Crippen LogP contribution is -2.32. The molecule has 0 radical (unpaired) electrons. The third kappa shape index (κ3) is 4.16. The van der Waals surface area contributed by atoms with Crippen LogP contribution in [0.1, 0.15) is 23.2 Å². The summed E-state index contributed by atoms with van der Waals surface area (Å²) in [6.07, 6.45) is 1.93. The molecular weight excluding hydrogens is 467 g/mol. The SMILES string of the molecule is O=C1c2ccccc2S(=O)(=O)N1CCSc1nnc(-c2ccc(F)cc2)n1CC1CCCO1. The summed E-state index contributed by atoms with van der Waals surface area (Å²) in [6, 6.07) is 12.3. The number of amides is 1. The van der Waals surface area contributed by atoms with Crippen LogP contribution in [0.5, 0.6) is 0 Å². The topological polar surface area (TPSA) is 94.4 Å². The van der Waals surface area contributed by atoms with Crippen molar-refractivity contribution in [2.24, 2.45) is 0 Å². The summed E-state index contributed by atoms with van der Waals surface area (Å²) < 4.78 is 47.5. The molecule has 2 aliphatic heterocycles. The average Bonchev–Trinajstić information content (AvgIpc) is 3.51. The summed E-state index contributed by atoms with van der Waals surface area (Å²) in [5.74, 6) is 0.0480. The van der Waals surface area contributed by atoms with Gasteiger partial charge in [-0.2, -0.15) is 0 Å². The first-order valence-electron chi connectivity index (χ1n) is 10.5. The number of halogens is 1. The Bertz CT molecular complexity index is 1290. The Morgan fingerprint density at radius 2 is 1.91 bits per heavy atom. The predicted molar refractivity (Wildman–Crippen MR) is 120 cm³/mol. The molecule has 1 amide bonds. The Labute approximate surface area is 194 Å². The van der Waals surface area contributed by atoms with Crippen molar-refractivity contribution in [2.45, 2.75) is 35.5 Å². The summed E-state index contributed by atoms with van der Waals surface area (Å²) in [5.41, 5.74) is 0.921. The number of aromatic nitrogens is 3. The van der Waals surface area contributed by atoms with Gasteiger partial charge in [0.1, 0.15) is 10.7 Å². The number of ether oxygens (including phenoxy) is 1. The Balaban J connectivity index is 1.35. The van der Waals surface area contributed by atoms with Crippen molar-refractivity contribution in [3.8, 4) is 11.4 Å². The molecule has 172 valence electrons. The molecule has 11 heteroatoms. The summed E-state index contributed by atoms with van der Waals surface area (Å²) in [7, 11) is -3.85. The molecule has 1 fully saturated rings. The van der Waals surface area contributed by atoms with Crippen LogP contribution in [0.3, 0.4) is 0 Å². The maximum Gasteiger partial charge on any atom is 0.269 e. The second kappa shape index (κ2) is 8.88. The highest BCUT2D eigenvalue weighted by atomic mass is 32.2. The zero-order valence-electron chi connectivity index (χ0n) is 17.6. The van der Waals surface area contributed by atoms with Crippen LogP contribution in [0.25, 0.3) is 11.4 Å². The van der Waals surface area contributed by atoms with E-state index >= 15 is 0 Å². The Morgan fingerprint density at radius 1 is 1.12 bits per heavy atom. The Kier molecular flexibility index (Phi) is 5.94. The fourth-order valence-electron chi connectivity index (χ4n) is 4.04. The van der Waals surface area contributed by atoms with Gasteiger partial charge in [-0.25, -0.2) is 17.1 Å². The number of rotatable bonds is 7. The largest absolute Gasteiger partial charge is 0.376 e. The quantitative estimate of drug-likeness (QED) is 0.472. The third-order valence-electron chi connectivity index (χ3n) is 5.67. The van der Waals surface area contributed by atoms with Crippen molar-refractivity contribution in [2.75, 3.05) is 18.9 Å². The second-order valence-corrected chi connectivity index (χ2v) is 10.7. The van der Waals surface area contributed by atoms with Crippen LogP contribution in [0.15, 0.2) is 58.6 Å². The molecule has 1 unspecified atom stereocenters. The maximum atomic E-state index is 13.4. The van der Waals surface area contributed by atoms with Gasteiger partial charge >= 0.3 is 0 Å². The number of hydrogen-bond donors (Lipinski definition) is 0. The molecule has 1 aromatic heterocycles. The average molecular weight is 489 g/mol. The van der Waals surface area contributed by atoms with E-state index in [1.165, 1.54) is 36.0 Å². The second-order valence-electron chi connectivity index (χ2n) is 7.79. The number of sulfonamides is 1. The molecule has 0 aliphatic carbocycles. The summed E-state index contributed by atoms with van der Waals surface area (Å²) in [5, 5.41) is 9.18. The predicted octanol–water partition coefficient (Wildman–Crippen LogP) is 3.20. The van der Waals surface area contributed by atoms with E-state index in [0.29, 0.717) is 29.9 Å². The number of fused-ring (bicyclic) bond motifs is 1. The smallest absolute Gasteiger partial charge is 0.269 e. The van der Waals surface area contributed by atoms with Crippen LogP contribution in [0.2, 0.25) is 0 Å². The molecule has 3 heterocycles. The van der Waals surface area contributed by atoms with Crippen molar-refractivity contribution in [1.82, 2.24) is 19.1 Å². The molecule has 2 aromatic carbocycles. The molecule has 1 atom stereocenters. The van der Waals surface area contributed by atoms with Crippen LogP contribution in [-0.4, -0.2) is 58.4 Å². The molecule has 5 rings (SSSR count). The molecule has 0 N–H and O–H groups in total. The van der Waals surface area contributed by atoms with Gasteiger partial charge in [0.05, 0.1) is 18.2 Å². The first-order chi connectivity index (χ1) is 15.9. The van der Waals surface area contributed by atoms with Gasteiger partial charge in [0.2, 0.25) is 0 Å². The molecule has 0 saturated carbocycles. The van der Waals surface area contributed by atoms with Crippen molar-refractivity contribution in [3.05, 3.63) is 59.9 Å². The van der Waals surface area contributed by atoms with Crippen LogP contribution < -0.4 is 0 Å². The minimum atomic E-state index is -3.85. The van der Waals surface area contributed by atoms with Crippen LogP contribution in [0.4, 0.5) is 4.39 Å². The first kappa shape index (κ1) is 22.1. The normalized spacial score (nSPS) is 19.2. The van der Waals surface area contributed by atoms with Crippen molar-refractivity contribution < 1.29 is 22.3 Å². The van der Waals surface area contributed by atoms with E-state index in [1.54, 1.807) is 24.3 Å². The molecular formula is C22H21FN4O4S2. The van der Waals surface area contributed by atoms with E-state index < -0.39 is 15.9 Å². The van der Waals surface area contributed by atoms with Crippen LogP contribution in [0, 0.1) is 5.82 Å². The maximum absolute atomic E-state index is 13.4. The summed E-state index contributed by atoms with van der Waals surface area (Å²) in [6.45, 7) is 1.25. The summed E-state index contributed by atoms with van der Waals surface area (Å²) in [4.78, 5) is 12.7. The lowest BCUT2D eigenvalue weighted by molar-refractivity contribution is 0.0876. The van der Waals surface area contributed by atoms with Crippen molar-refractivity contribution in [3.63, 3.8) is 0 Å². The highest BCUT2D eigenvalue weighted by molar-refractivity contribution is 7.99. The first-order valence-corrected chi connectivity index (χ1v) is 13.0. The van der Waals surface area contributed by atoms with Gasteiger partial charge in [0, 0.05) is 24.5 Å². The lowest BCUT2D eigenvalue weighted by Gasteiger charge is -2.16. The summed E-state index contributed by atoms with van der Waals surface area (Å²) >= 11 is 1.32. The third-order valence-corrected chi connectivity index (χ3v) is 8.45. The number of hydrogen-bond acceptors (Lipinski definition) is 7. The number of carbonyl (C=O) groups is 1. The molecule has 2 aliphatic rings. The lowest BCUT2D eigenvalue weighted by atomic mass is 10.2. The van der Waals surface area contributed by atoms with E-state index in [2.05, 4.69) is 10.2 Å². The van der Waals surface area contributed by atoms with E-state index in [0.717, 1.165) is 22.7 Å². The van der Waals surface area contributed by atoms with E-state index in [-0.39, 0.29) is 28.9 Å². The Hall–Kier alpha value is -2.76. The van der Waals surface area contributed by atoms with Gasteiger partial charge in [-0.05, 0) is 49.2 Å². The number of thioether (sulfide) groups is 1. The van der Waals surface area contributed by atoms with Gasteiger partial charge < -0.3 is 4.74 Å². The molecule has 0 bridgehead atoms. The van der Waals surface area contributed by atoms with Crippen LogP contribution in [-0.2, 0) is 21.3 Å². The van der Waals surface area contributed by atoms with Gasteiger partial charge in [0.15, 0.2) is 11.0 Å². The van der Waals surface area contributed by atoms with E-state index in [9.17, 15) is 17.6 Å². The Morgan fingerprint density at radius 3 is 2.64 bits per heavy atom. The van der Waals surface area contributed by atoms with E-state index in [1.807, 2.05) is 4.57 Å².